The minimum atomic E-state index is -4.48. The van der Waals surface area contributed by atoms with Crippen LogP contribution in [0.2, 0.25) is 0 Å². The van der Waals surface area contributed by atoms with Crippen LogP contribution in [0.3, 0.4) is 0 Å². The largest absolute Gasteiger partial charge is 0.465 e. The molecule has 1 aromatic heterocycles. The number of nitrogens with one attached hydrogen (secondary N) is 1. The third-order valence-corrected chi connectivity index (χ3v) is 2.50. The Kier molecular flexibility index (Phi) is 3.12. The number of halogens is 3. The second-order valence-corrected chi connectivity index (χ2v) is 3.78. The average molecular weight is 262 g/mol. The van der Waals surface area contributed by atoms with Crippen LogP contribution in [0.15, 0.2) is 12.3 Å². The van der Waals surface area contributed by atoms with Crippen molar-refractivity contribution in [1.82, 2.24) is 10.3 Å². The van der Waals surface area contributed by atoms with Crippen molar-refractivity contribution in [2.24, 2.45) is 0 Å². The number of alkyl halides is 3. The van der Waals surface area contributed by atoms with Gasteiger partial charge in [0, 0.05) is 11.8 Å². The molecule has 1 aliphatic heterocycles. The summed E-state index contributed by atoms with van der Waals surface area (Å²) < 4.78 is 42.5. The zero-order valence-electron chi connectivity index (χ0n) is 8.99. The van der Waals surface area contributed by atoms with Crippen LogP contribution in [0, 0.1) is 0 Å². The molecule has 2 heterocycles. The van der Waals surface area contributed by atoms with Crippen LogP contribution in [-0.4, -0.2) is 22.8 Å². The molecule has 5 nitrogen and oxygen atoms in total. The zero-order chi connectivity index (χ0) is 13.3. The molecule has 98 valence electrons. The van der Waals surface area contributed by atoms with Crippen molar-refractivity contribution in [3.63, 3.8) is 0 Å². The van der Waals surface area contributed by atoms with Crippen molar-refractivity contribution in [2.75, 3.05) is 6.61 Å². The molecule has 0 saturated heterocycles. The summed E-state index contributed by atoms with van der Waals surface area (Å²) in [5.41, 5.74) is -0.354. The lowest BCUT2D eigenvalue weighted by atomic mass is 10.0. The Labute approximate surface area is 99.6 Å². The highest BCUT2D eigenvalue weighted by molar-refractivity contribution is 5.65. The fourth-order valence-corrected chi connectivity index (χ4v) is 1.73. The Balaban J connectivity index is 2.33. The molecule has 8 heteroatoms. The van der Waals surface area contributed by atoms with Crippen LogP contribution in [-0.2, 0) is 17.5 Å². The number of hydrogen-bond acceptors (Lipinski definition) is 3. The number of nitrogens with zero attached hydrogens (tertiary/aromatic N) is 1. The number of amides is 1. The first-order valence-electron chi connectivity index (χ1n) is 5.01. The third kappa shape index (κ3) is 2.53. The normalized spacial score (nSPS) is 19.2. The minimum absolute atomic E-state index is 0.00987. The molecule has 18 heavy (non-hydrogen) atoms. The molecule has 0 fully saturated rings. The molecule has 0 radical (unpaired) electrons. The Bertz CT molecular complexity index is 476. The van der Waals surface area contributed by atoms with E-state index in [4.69, 9.17) is 9.84 Å². The lowest BCUT2D eigenvalue weighted by molar-refractivity contribution is -0.138. The number of ether oxygens (including phenoxy) is 1. The van der Waals surface area contributed by atoms with Gasteiger partial charge in [-0.2, -0.15) is 13.2 Å². The van der Waals surface area contributed by atoms with Gasteiger partial charge in [0.1, 0.15) is 0 Å². The van der Waals surface area contributed by atoms with Crippen LogP contribution in [0.25, 0.3) is 0 Å². The standard InChI is InChI=1S/C10H9F3N2O3/c11-10(12,13)6-1-5-3-18-4-7(15-9(16)17)8(5)14-2-6/h1-2,7,15H,3-4H2,(H,16,17). The molecule has 0 bridgehead atoms. The summed E-state index contributed by atoms with van der Waals surface area (Å²) in [6, 6.07) is 0.186. The van der Waals surface area contributed by atoms with Crippen molar-refractivity contribution in [1.29, 1.82) is 0 Å². The number of aromatic nitrogens is 1. The number of carboxylic acid groups (broad SMARTS) is 1. The Morgan fingerprint density at radius 2 is 2.28 bits per heavy atom. The van der Waals surface area contributed by atoms with Gasteiger partial charge in [-0.1, -0.05) is 0 Å². The SMILES string of the molecule is O=C(O)NC1COCc2cc(C(F)(F)F)cnc21. The maximum absolute atomic E-state index is 12.5. The maximum atomic E-state index is 12.5. The van der Waals surface area contributed by atoms with E-state index in [-0.39, 0.29) is 24.5 Å². The van der Waals surface area contributed by atoms with Crippen molar-refractivity contribution in [2.45, 2.75) is 18.8 Å². The predicted octanol–water partition coefficient (Wildman–Crippen LogP) is 1.94. The van der Waals surface area contributed by atoms with E-state index >= 15 is 0 Å². The molecule has 0 aromatic carbocycles. The van der Waals surface area contributed by atoms with Gasteiger partial charge < -0.3 is 15.2 Å². The lowest BCUT2D eigenvalue weighted by Gasteiger charge is -2.25. The molecule has 1 amide bonds. The first kappa shape index (κ1) is 12.6. The first-order chi connectivity index (χ1) is 8.38. The topological polar surface area (TPSA) is 71.5 Å². The van der Waals surface area contributed by atoms with E-state index in [1.165, 1.54) is 0 Å². The van der Waals surface area contributed by atoms with E-state index < -0.39 is 23.9 Å². The molecule has 2 rings (SSSR count). The van der Waals surface area contributed by atoms with E-state index in [1.807, 2.05) is 0 Å². The van der Waals surface area contributed by atoms with Crippen molar-refractivity contribution < 1.29 is 27.8 Å². The summed E-state index contributed by atoms with van der Waals surface area (Å²) in [6.45, 7) is 0.0434. The van der Waals surface area contributed by atoms with Crippen molar-refractivity contribution in [3.05, 3.63) is 29.1 Å². The smallest absolute Gasteiger partial charge is 0.417 e. The summed E-state index contributed by atoms with van der Waals surface area (Å²) in [4.78, 5) is 14.2. The van der Waals surface area contributed by atoms with Crippen molar-refractivity contribution in [3.8, 4) is 0 Å². The monoisotopic (exact) mass is 262 g/mol. The van der Waals surface area contributed by atoms with E-state index in [9.17, 15) is 18.0 Å². The number of carbonyl (C=O) groups is 1. The van der Waals surface area contributed by atoms with Gasteiger partial charge >= 0.3 is 12.3 Å². The fraction of sp³-hybridized carbons (Fsp3) is 0.400. The highest BCUT2D eigenvalue weighted by Gasteiger charge is 2.33. The van der Waals surface area contributed by atoms with Gasteiger partial charge in [-0.25, -0.2) is 4.79 Å². The molecule has 1 aliphatic rings. The Morgan fingerprint density at radius 1 is 1.56 bits per heavy atom. The van der Waals surface area contributed by atoms with Crippen LogP contribution in [0.4, 0.5) is 18.0 Å². The van der Waals surface area contributed by atoms with Gasteiger partial charge in [0.2, 0.25) is 0 Å². The third-order valence-electron chi connectivity index (χ3n) is 2.50. The van der Waals surface area contributed by atoms with E-state index in [2.05, 4.69) is 10.3 Å². The first-order valence-corrected chi connectivity index (χ1v) is 5.01. The van der Waals surface area contributed by atoms with Gasteiger partial charge in [0.25, 0.3) is 0 Å². The fourth-order valence-electron chi connectivity index (χ4n) is 1.73. The molecular weight excluding hydrogens is 253 g/mol. The average Bonchev–Trinajstić information content (AvgIpc) is 2.27. The van der Waals surface area contributed by atoms with Gasteiger partial charge in [-0.15, -0.1) is 0 Å². The van der Waals surface area contributed by atoms with E-state index in [0.717, 1.165) is 6.07 Å². The Morgan fingerprint density at radius 3 is 2.89 bits per heavy atom. The maximum Gasteiger partial charge on any atom is 0.417 e. The summed E-state index contributed by atoms with van der Waals surface area (Å²) in [5.74, 6) is 0. The quantitative estimate of drug-likeness (QED) is 0.811. The van der Waals surface area contributed by atoms with Crippen LogP contribution >= 0.6 is 0 Å². The number of hydrogen-bond donors (Lipinski definition) is 2. The summed E-state index contributed by atoms with van der Waals surface area (Å²) in [7, 11) is 0. The molecule has 0 saturated carbocycles. The van der Waals surface area contributed by atoms with Gasteiger partial charge in [0.15, 0.2) is 0 Å². The van der Waals surface area contributed by atoms with E-state index in [1.54, 1.807) is 0 Å². The highest BCUT2D eigenvalue weighted by Crippen LogP contribution is 2.32. The van der Waals surface area contributed by atoms with E-state index in [0.29, 0.717) is 6.20 Å². The second kappa shape index (κ2) is 4.45. The molecule has 1 unspecified atom stereocenters. The van der Waals surface area contributed by atoms with Crippen LogP contribution < -0.4 is 5.32 Å². The zero-order valence-corrected chi connectivity index (χ0v) is 8.99. The molecule has 2 N–H and O–H groups in total. The molecule has 1 aromatic rings. The van der Waals surface area contributed by atoms with Gasteiger partial charge in [0.05, 0.1) is 30.5 Å². The molecule has 0 aliphatic carbocycles. The lowest BCUT2D eigenvalue weighted by Crippen LogP contribution is -2.34. The minimum Gasteiger partial charge on any atom is -0.465 e. The number of fused-ring (bicyclic) bond motifs is 1. The van der Waals surface area contributed by atoms with Gasteiger partial charge in [-0.05, 0) is 6.07 Å². The summed E-state index contributed by atoms with van der Waals surface area (Å²) in [5, 5.41) is 10.7. The molecule has 0 spiro atoms. The molecular formula is C10H9F3N2O3. The summed E-state index contributed by atoms with van der Waals surface area (Å²) >= 11 is 0. The number of pyridine rings is 1. The van der Waals surface area contributed by atoms with Crippen LogP contribution in [0.1, 0.15) is 22.9 Å². The Hall–Kier alpha value is -1.83. The summed E-state index contributed by atoms with van der Waals surface area (Å²) in [6.07, 6.45) is -5.06. The number of rotatable bonds is 1. The highest BCUT2D eigenvalue weighted by atomic mass is 19.4. The molecule has 1 atom stereocenters. The second-order valence-electron chi connectivity index (χ2n) is 3.78. The van der Waals surface area contributed by atoms with Gasteiger partial charge in [-0.3, -0.25) is 4.98 Å². The predicted molar refractivity (Wildman–Crippen MR) is 52.8 cm³/mol. The van der Waals surface area contributed by atoms with Crippen LogP contribution in [0.5, 0.6) is 0 Å². The van der Waals surface area contributed by atoms with Crippen molar-refractivity contribution >= 4 is 6.09 Å².